The van der Waals surface area contributed by atoms with Crippen molar-refractivity contribution in [3.63, 3.8) is 0 Å². The lowest BCUT2D eigenvalue weighted by atomic mass is 9.93. The van der Waals surface area contributed by atoms with Crippen LogP contribution in [-0.4, -0.2) is 6.54 Å². The molecule has 22 heavy (non-hydrogen) atoms. The molecule has 0 N–H and O–H groups in total. The number of hydrogen-bond acceptors (Lipinski definition) is 1. The molecule has 3 nitrogen and oxygen atoms in total. The molecule has 0 aliphatic heterocycles. The maximum atomic E-state index is 8.33. The summed E-state index contributed by atoms with van der Waals surface area (Å²) >= 11 is 0. The van der Waals surface area contributed by atoms with Crippen LogP contribution in [0, 0.1) is 11.8 Å². The van der Waals surface area contributed by atoms with E-state index in [0.29, 0.717) is 18.4 Å². The van der Waals surface area contributed by atoms with Crippen molar-refractivity contribution in [2.45, 2.75) is 91.4 Å². The van der Waals surface area contributed by atoms with E-state index in [1.54, 1.807) is 0 Å². The van der Waals surface area contributed by atoms with Gasteiger partial charge in [-0.15, -0.1) is 0 Å². The van der Waals surface area contributed by atoms with Crippen molar-refractivity contribution in [2.75, 3.05) is 6.54 Å². The van der Waals surface area contributed by atoms with Gasteiger partial charge in [0.15, 0.2) is 0 Å². The van der Waals surface area contributed by atoms with Crippen LogP contribution < -0.4 is 0 Å². The quantitative estimate of drug-likeness (QED) is 0.0992. The minimum atomic E-state index is 0.466. The van der Waals surface area contributed by atoms with Gasteiger partial charge in [0, 0.05) is 11.5 Å². The summed E-state index contributed by atoms with van der Waals surface area (Å²) in [5.74, 6) is 1.05. The molecule has 128 valence electrons. The summed E-state index contributed by atoms with van der Waals surface area (Å²) in [6.07, 6.45) is 19.5. The minimum Gasteiger partial charge on any atom is -0.0937 e. The zero-order valence-corrected chi connectivity index (χ0v) is 15.1. The normalized spacial score (nSPS) is 14.0. The van der Waals surface area contributed by atoms with Gasteiger partial charge in [-0.1, -0.05) is 89.4 Å². The summed E-state index contributed by atoms with van der Waals surface area (Å²) in [4.78, 5) is 2.83. The fraction of sp³-hybridized carbons (Fsp3) is 0.895. The average Bonchev–Trinajstić information content (AvgIpc) is 2.53. The van der Waals surface area contributed by atoms with Gasteiger partial charge in [-0.25, -0.2) is 0 Å². The second-order valence-electron chi connectivity index (χ2n) is 6.69. The maximum absolute atomic E-state index is 8.33. The van der Waals surface area contributed by atoms with Gasteiger partial charge in [0.2, 0.25) is 0 Å². The van der Waals surface area contributed by atoms with Crippen LogP contribution in [0.2, 0.25) is 0 Å². The Bertz CT molecular complexity index is 306. The average molecular weight is 308 g/mol. The van der Waals surface area contributed by atoms with Gasteiger partial charge in [-0.05, 0) is 36.6 Å². The molecular formula is C19H37N3. The summed E-state index contributed by atoms with van der Waals surface area (Å²) in [5.41, 5.74) is 8.33. The summed E-state index contributed by atoms with van der Waals surface area (Å²) in [6, 6.07) is 0. The molecule has 0 aromatic rings. The molecule has 0 spiro atoms. The van der Waals surface area contributed by atoms with E-state index in [2.05, 4.69) is 42.9 Å². The van der Waals surface area contributed by atoms with Crippen LogP contribution in [0.15, 0.2) is 17.3 Å². The molecule has 0 radical (unpaired) electrons. The van der Waals surface area contributed by atoms with E-state index in [-0.39, 0.29) is 0 Å². The van der Waals surface area contributed by atoms with E-state index in [9.17, 15) is 0 Å². The third-order valence-electron chi connectivity index (χ3n) is 4.55. The second-order valence-corrected chi connectivity index (χ2v) is 6.69. The molecular weight excluding hydrogens is 270 g/mol. The van der Waals surface area contributed by atoms with Gasteiger partial charge < -0.3 is 0 Å². The highest BCUT2D eigenvalue weighted by molar-refractivity contribution is 4.84. The Kier molecular flexibility index (Phi) is 15.7. The first-order valence-electron chi connectivity index (χ1n) is 9.38. The topological polar surface area (TPSA) is 48.8 Å². The highest BCUT2D eigenvalue weighted by Crippen LogP contribution is 2.16. The van der Waals surface area contributed by atoms with Crippen LogP contribution in [0.3, 0.4) is 0 Å². The van der Waals surface area contributed by atoms with Gasteiger partial charge >= 0.3 is 0 Å². The Morgan fingerprint density at radius 3 is 2.05 bits per heavy atom. The molecule has 0 fully saturated rings. The number of unbranched alkanes of at least 4 members (excludes halogenated alkanes) is 9. The van der Waals surface area contributed by atoms with Crippen molar-refractivity contribution in [1.82, 2.24) is 0 Å². The first kappa shape index (κ1) is 21.0. The number of azide groups is 1. The molecule has 0 bridgehead atoms. The molecule has 0 aromatic heterocycles. The highest BCUT2D eigenvalue weighted by atomic mass is 15.1. The van der Waals surface area contributed by atoms with Crippen molar-refractivity contribution in [2.24, 2.45) is 17.0 Å². The fourth-order valence-electron chi connectivity index (χ4n) is 2.58. The number of nitrogens with zero attached hydrogens (tertiary/aromatic N) is 3. The van der Waals surface area contributed by atoms with Gasteiger partial charge in [0.1, 0.15) is 0 Å². The monoisotopic (exact) mass is 307 g/mol. The van der Waals surface area contributed by atoms with E-state index in [4.69, 9.17) is 5.53 Å². The lowest BCUT2D eigenvalue weighted by Crippen LogP contribution is -2.09. The first-order chi connectivity index (χ1) is 10.7. The minimum absolute atomic E-state index is 0.466. The molecule has 0 unspecified atom stereocenters. The van der Waals surface area contributed by atoms with E-state index < -0.39 is 0 Å². The molecule has 0 saturated carbocycles. The summed E-state index contributed by atoms with van der Waals surface area (Å²) in [7, 11) is 0. The molecule has 0 aliphatic rings. The summed E-state index contributed by atoms with van der Waals surface area (Å²) < 4.78 is 0. The van der Waals surface area contributed by atoms with Gasteiger partial charge in [-0.3, -0.25) is 0 Å². The molecule has 0 heterocycles. The predicted octanol–water partition coefficient (Wildman–Crippen LogP) is 7.44. The van der Waals surface area contributed by atoms with Crippen molar-refractivity contribution < 1.29 is 0 Å². The predicted molar refractivity (Wildman–Crippen MR) is 97.9 cm³/mol. The molecule has 3 heteroatoms. The summed E-state index contributed by atoms with van der Waals surface area (Å²) in [6.45, 7) is 7.28. The van der Waals surface area contributed by atoms with E-state index in [1.807, 2.05) is 0 Å². The SMILES string of the molecule is CCCCCCCCCCCC=CC[C@@H](C)[C@@H](C)CN=[N+]=[N-]. The molecule has 0 aromatic carbocycles. The van der Waals surface area contributed by atoms with Crippen LogP contribution >= 0.6 is 0 Å². The van der Waals surface area contributed by atoms with Crippen LogP contribution in [0.4, 0.5) is 0 Å². The summed E-state index contributed by atoms with van der Waals surface area (Å²) in [5, 5.41) is 3.66. The zero-order chi connectivity index (χ0) is 16.5. The highest BCUT2D eigenvalue weighted by Gasteiger charge is 2.08. The Morgan fingerprint density at radius 1 is 0.864 bits per heavy atom. The van der Waals surface area contributed by atoms with E-state index in [1.165, 1.54) is 64.2 Å². The Labute approximate surface area is 138 Å². The largest absolute Gasteiger partial charge is 0.0937 e. The second kappa shape index (κ2) is 16.4. The number of allylic oxidation sites excluding steroid dienone is 2. The fourth-order valence-corrected chi connectivity index (χ4v) is 2.58. The van der Waals surface area contributed by atoms with E-state index >= 15 is 0 Å². The van der Waals surface area contributed by atoms with Crippen molar-refractivity contribution in [1.29, 1.82) is 0 Å². The standard InChI is InChI=1S/C19H37N3/c1-4-5-6-7-8-9-10-11-12-13-14-15-16-18(2)19(3)17-21-22-20/h14-15,18-19H,4-13,16-17H2,1-3H3/t18-,19+/m1/s1. The van der Waals surface area contributed by atoms with Crippen LogP contribution in [0.5, 0.6) is 0 Å². The van der Waals surface area contributed by atoms with Gasteiger partial charge in [0.05, 0.1) is 0 Å². The number of rotatable bonds is 15. The van der Waals surface area contributed by atoms with E-state index in [0.717, 1.165) is 6.42 Å². The van der Waals surface area contributed by atoms with Crippen molar-refractivity contribution in [3.8, 4) is 0 Å². The first-order valence-corrected chi connectivity index (χ1v) is 9.38. The van der Waals surface area contributed by atoms with Gasteiger partial charge in [-0.2, -0.15) is 0 Å². The van der Waals surface area contributed by atoms with Crippen molar-refractivity contribution >= 4 is 0 Å². The molecule has 0 saturated heterocycles. The lowest BCUT2D eigenvalue weighted by molar-refractivity contribution is 0.399. The molecule has 0 rings (SSSR count). The third kappa shape index (κ3) is 14.0. The van der Waals surface area contributed by atoms with Gasteiger partial charge in [0.25, 0.3) is 0 Å². The zero-order valence-electron chi connectivity index (χ0n) is 15.1. The Balaban J connectivity index is 3.38. The maximum Gasteiger partial charge on any atom is 0.0286 e. The lowest BCUT2D eigenvalue weighted by Gasteiger charge is -2.15. The smallest absolute Gasteiger partial charge is 0.0286 e. The number of hydrogen-bond donors (Lipinski definition) is 0. The van der Waals surface area contributed by atoms with Crippen LogP contribution in [0.25, 0.3) is 10.4 Å². The Morgan fingerprint density at radius 2 is 1.45 bits per heavy atom. The van der Waals surface area contributed by atoms with Crippen LogP contribution in [-0.2, 0) is 0 Å². The molecule has 0 aliphatic carbocycles. The third-order valence-corrected chi connectivity index (χ3v) is 4.55. The molecule has 2 atom stereocenters. The molecule has 0 amide bonds. The Hall–Kier alpha value is -0.950. The van der Waals surface area contributed by atoms with Crippen molar-refractivity contribution in [3.05, 3.63) is 22.6 Å². The van der Waals surface area contributed by atoms with Crippen LogP contribution in [0.1, 0.15) is 91.4 Å².